The molecule has 0 spiro atoms. The van der Waals surface area contributed by atoms with Crippen molar-refractivity contribution in [3.05, 3.63) is 0 Å². The second-order valence-electron chi connectivity index (χ2n) is 3.51. The number of rotatable bonds is 7. The number of likely N-dealkylation sites (N-methyl/N-ethyl adjacent to an activating group) is 1. The van der Waals surface area contributed by atoms with E-state index in [-0.39, 0.29) is 6.61 Å². The van der Waals surface area contributed by atoms with Crippen LogP contribution in [-0.4, -0.2) is 63.1 Å². The summed E-state index contributed by atoms with van der Waals surface area (Å²) in [5, 5.41) is 8.73. The van der Waals surface area contributed by atoms with Crippen molar-refractivity contribution in [1.29, 1.82) is 0 Å². The molecule has 0 amide bonds. The summed E-state index contributed by atoms with van der Waals surface area (Å²) in [4.78, 5) is 0. The zero-order chi connectivity index (χ0) is 9.45. The van der Waals surface area contributed by atoms with Gasteiger partial charge in [-0.3, -0.25) is 0 Å². The Labute approximate surface area is 74.5 Å². The number of nitrogens with two attached hydrogens (primary N) is 1. The van der Waals surface area contributed by atoms with Crippen LogP contribution in [0, 0.1) is 0 Å². The van der Waals surface area contributed by atoms with E-state index in [0.717, 1.165) is 17.6 Å². The molecule has 4 nitrogen and oxygen atoms in total. The van der Waals surface area contributed by atoms with Gasteiger partial charge in [-0.2, -0.15) is 0 Å². The van der Waals surface area contributed by atoms with Crippen molar-refractivity contribution in [2.24, 2.45) is 5.73 Å². The van der Waals surface area contributed by atoms with Crippen LogP contribution in [0.4, 0.5) is 0 Å². The number of nitrogens with zero attached hydrogens (tertiary/aromatic N) is 1. The van der Waals surface area contributed by atoms with Gasteiger partial charge in [-0.25, -0.2) is 0 Å². The van der Waals surface area contributed by atoms with E-state index < -0.39 is 0 Å². The van der Waals surface area contributed by atoms with Crippen LogP contribution in [0.1, 0.15) is 0 Å². The third-order valence-corrected chi connectivity index (χ3v) is 1.81. The lowest BCUT2D eigenvalue weighted by atomic mass is 10.4. The number of hydrogen-bond donors (Lipinski definition) is 2. The molecule has 0 aromatic rings. The van der Waals surface area contributed by atoms with Gasteiger partial charge in [0.05, 0.1) is 33.9 Å². The van der Waals surface area contributed by atoms with Gasteiger partial charge in [0.15, 0.2) is 0 Å². The zero-order valence-corrected chi connectivity index (χ0v) is 8.12. The van der Waals surface area contributed by atoms with E-state index in [0.29, 0.717) is 19.8 Å². The Morgan fingerprint density at radius 1 is 1.25 bits per heavy atom. The van der Waals surface area contributed by atoms with Crippen LogP contribution in [0.3, 0.4) is 0 Å². The molecule has 0 atom stereocenters. The van der Waals surface area contributed by atoms with Gasteiger partial charge in [-0.15, -0.1) is 0 Å². The fraction of sp³-hybridized carbons (Fsp3) is 1.00. The third kappa shape index (κ3) is 6.54. The fourth-order valence-corrected chi connectivity index (χ4v) is 0.880. The Hall–Kier alpha value is -0.160. The molecule has 0 rings (SSSR count). The summed E-state index contributed by atoms with van der Waals surface area (Å²) in [6.07, 6.45) is 0. The first-order valence-electron chi connectivity index (χ1n) is 4.33. The monoisotopic (exact) mass is 177 g/mol. The summed E-state index contributed by atoms with van der Waals surface area (Å²) in [6, 6.07) is 0. The second kappa shape index (κ2) is 6.37. The summed E-state index contributed by atoms with van der Waals surface area (Å²) in [5.41, 5.74) is 5.27. The van der Waals surface area contributed by atoms with Gasteiger partial charge in [0.2, 0.25) is 0 Å². The van der Waals surface area contributed by atoms with Gasteiger partial charge in [-0.1, -0.05) is 0 Å². The molecule has 0 aromatic carbocycles. The lowest BCUT2D eigenvalue weighted by Gasteiger charge is -2.28. The Kier molecular flexibility index (Phi) is 6.28. The lowest BCUT2D eigenvalue weighted by Crippen LogP contribution is -2.44. The van der Waals surface area contributed by atoms with Gasteiger partial charge < -0.3 is 20.1 Å². The molecule has 0 saturated heterocycles. The average molecular weight is 177 g/mol. The van der Waals surface area contributed by atoms with E-state index in [4.69, 9.17) is 15.6 Å². The quantitative estimate of drug-likeness (QED) is 0.388. The maximum atomic E-state index is 8.73. The highest BCUT2D eigenvalue weighted by molar-refractivity contribution is 4.35. The van der Waals surface area contributed by atoms with Crippen molar-refractivity contribution in [2.75, 3.05) is 53.6 Å². The second-order valence-corrected chi connectivity index (χ2v) is 3.51. The Morgan fingerprint density at radius 3 is 2.42 bits per heavy atom. The first kappa shape index (κ1) is 11.8. The molecule has 0 unspecified atom stereocenters. The fourth-order valence-electron chi connectivity index (χ4n) is 0.880. The first-order chi connectivity index (χ1) is 5.62. The summed E-state index contributed by atoms with van der Waals surface area (Å²) in [5.74, 6) is 0. The maximum Gasteiger partial charge on any atom is 0.102 e. The smallest absolute Gasteiger partial charge is 0.102 e. The van der Waals surface area contributed by atoms with Crippen LogP contribution in [0.5, 0.6) is 0 Å². The predicted octanol–water partition coefficient (Wildman–Crippen LogP) is -0.970. The van der Waals surface area contributed by atoms with Gasteiger partial charge in [-0.05, 0) is 0 Å². The topological polar surface area (TPSA) is 55.5 Å². The van der Waals surface area contributed by atoms with E-state index in [2.05, 4.69) is 14.1 Å². The van der Waals surface area contributed by atoms with Crippen molar-refractivity contribution in [3.8, 4) is 0 Å². The van der Waals surface area contributed by atoms with Crippen molar-refractivity contribution < 1.29 is 14.3 Å². The van der Waals surface area contributed by atoms with Crippen LogP contribution in [0.25, 0.3) is 0 Å². The molecule has 74 valence electrons. The molecule has 0 aliphatic heterocycles. The van der Waals surface area contributed by atoms with Crippen molar-refractivity contribution in [1.82, 2.24) is 0 Å². The van der Waals surface area contributed by atoms with Crippen molar-refractivity contribution in [3.63, 3.8) is 0 Å². The molecule has 4 heteroatoms. The van der Waals surface area contributed by atoms with Crippen molar-refractivity contribution >= 4 is 0 Å². The molecular formula is C8H21N2O2+. The van der Waals surface area contributed by atoms with E-state index in [9.17, 15) is 0 Å². The number of aliphatic hydroxyl groups excluding tert-OH is 1. The highest BCUT2D eigenvalue weighted by Gasteiger charge is 2.12. The van der Waals surface area contributed by atoms with Gasteiger partial charge in [0, 0.05) is 6.54 Å². The van der Waals surface area contributed by atoms with E-state index in [1.165, 1.54) is 0 Å². The van der Waals surface area contributed by atoms with Crippen LogP contribution in [-0.2, 0) is 4.74 Å². The molecule has 0 radical (unpaired) electrons. The number of aliphatic hydroxyl groups is 1. The lowest BCUT2D eigenvalue weighted by molar-refractivity contribution is -0.891. The van der Waals surface area contributed by atoms with E-state index in [1.54, 1.807) is 0 Å². The Morgan fingerprint density at radius 2 is 1.92 bits per heavy atom. The maximum absolute atomic E-state index is 8.73. The average Bonchev–Trinajstić information content (AvgIpc) is 1.98. The Balaban J connectivity index is 3.33. The molecule has 3 N–H and O–H groups in total. The van der Waals surface area contributed by atoms with Gasteiger partial charge in [0.25, 0.3) is 0 Å². The first-order valence-corrected chi connectivity index (χ1v) is 4.33. The summed E-state index contributed by atoms with van der Waals surface area (Å²) in [7, 11) is 4.14. The molecule has 0 aliphatic rings. The summed E-state index contributed by atoms with van der Waals surface area (Å²) >= 11 is 0. The highest BCUT2D eigenvalue weighted by atomic mass is 16.5. The third-order valence-electron chi connectivity index (χ3n) is 1.81. The van der Waals surface area contributed by atoms with E-state index >= 15 is 0 Å². The van der Waals surface area contributed by atoms with Crippen LogP contribution in [0.2, 0.25) is 0 Å². The molecule has 12 heavy (non-hydrogen) atoms. The molecule has 0 bridgehead atoms. The van der Waals surface area contributed by atoms with Crippen LogP contribution >= 0.6 is 0 Å². The van der Waals surface area contributed by atoms with Crippen LogP contribution < -0.4 is 5.73 Å². The predicted molar refractivity (Wildman–Crippen MR) is 48.8 cm³/mol. The molecule has 0 fully saturated rings. The summed E-state index contributed by atoms with van der Waals surface area (Å²) < 4.78 is 6.04. The number of hydrogen-bond acceptors (Lipinski definition) is 3. The number of quaternary nitrogens is 1. The number of ether oxygens (including phenoxy) is 1. The SMILES string of the molecule is C[N+](C)(CCO)CCOCCN. The minimum atomic E-state index is 0.226. The van der Waals surface area contributed by atoms with E-state index in [1.807, 2.05) is 0 Å². The van der Waals surface area contributed by atoms with Gasteiger partial charge in [0.1, 0.15) is 13.1 Å². The molecule has 0 aliphatic carbocycles. The molecule has 0 saturated carbocycles. The largest absolute Gasteiger partial charge is 0.391 e. The normalized spacial score (nSPS) is 12.0. The Bertz CT molecular complexity index is 107. The molecular weight excluding hydrogens is 156 g/mol. The van der Waals surface area contributed by atoms with Gasteiger partial charge >= 0.3 is 0 Å². The standard InChI is InChI=1S/C8H21N2O2/c1-10(2,4-6-11)5-8-12-7-3-9/h11H,3-9H2,1-2H3/q+1. The minimum absolute atomic E-state index is 0.226. The van der Waals surface area contributed by atoms with Crippen LogP contribution in [0.15, 0.2) is 0 Å². The minimum Gasteiger partial charge on any atom is -0.391 e. The highest BCUT2D eigenvalue weighted by Crippen LogP contribution is 1.94. The zero-order valence-electron chi connectivity index (χ0n) is 8.12. The van der Waals surface area contributed by atoms with Crippen molar-refractivity contribution in [2.45, 2.75) is 0 Å². The molecule has 0 heterocycles. The molecule has 0 aromatic heterocycles. The summed E-state index contributed by atoms with van der Waals surface area (Å²) in [6.45, 7) is 3.83.